The lowest BCUT2D eigenvalue weighted by Gasteiger charge is -2.30. The van der Waals surface area contributed by atoms with Gasteiger partial charge in [0.25, 0.3) is 0 Å². The third-order valence-electron chi connectivity index (χ3n) is 3.72. The molecule has 0 bridgehead atoms. The van der Waals surface area contributed by atoms with Crippen LogP contribution in [0.5, 0.6) is 0 Å². The Hall–Kier alpha value is -1.55. The topological polar surface area (TPSA) is 67.6 Å². The Kier molecular flexibility index (Phi) is 4.80. The van der Waals surface area contributed by atoms with Crippen molar-refractivity contribution >= 4 is 5.96 Å². The van der Waals surface area contributed by atoms with E-state index < -0.39 is 0 Å². The lowest BCUT2D eigenvalue weighted by Crippen LogP contribution is -2.32. The summed E-state index contributed by atoms with van der Waals surface area (Å²) in [5.41, 5.74) is 13.2. The van der Waals surface area contributed by atoms with Crippen molar-refractivity contribution in [2.24, 2.45) is 22.4 Å². The minimum Gasteiger partial charge on any atom is -0.370 e. The summed E-state index contributed by atoms with van der Waals surface area (Å²) in [4.78, 5) is 6.58. The highest BCUT2D eigenvalue weighted by Crippen LogP contribution is 2.18. The standard InChI is InChI=1S/C15H24N4/c1-12-5-7-19(8-6-12)11-14-4-2-3-13(9-14)10-18-15(16)17/h2-4,9,12H,5-8,10-11H2,1H3,(H4,16,17,18). The number of aliphatic imine (C=N–C) groups is 1. The fraction of sp³-hybridized carbons (Fsp3) is 0.533. The molecule has 0 unspecified atom stereocenters. The second-order valence-electron chi connectivity index (χ2n) is 5.52. The van der Waals surface area contributed by atoms with Crippen molar-refractivity contribution in [3.8, 4) is 0 Å². The lowest BCUT2D eigenvalue weighted by molar-refractivity contribution is 0.185. The van der Waals surface area contributed by atoms with Crippen LogP contribution in [0.2, 0.25) is 0 Å². The van der Waals surface area contributed by atoms with E-state index in [1.807, 2.05) is 0 Å². The Morgan fingerprint density at radius 2 is 1.95 bits per heavy atom. The summed E-state index contributed by atoms with van der Waals surface area (Å²) in [6, 6.07) is 8.52. The fourth-order valence-corrected chi connectivity index (χ4v) is 2.49. The number of hydrogen-bond acceptors (Lipinski definition) is 2. The largest absolute Gasteiger partial charge is 0.370 e. The zero-order valence-corrected chi connectivity index (χ0v) is 11.7. The van der Waals surface area contributed by atoms with E-state index in [1.54, 1.807) is 0 Å². The monoisotopic (exact) mass is 260 g/mol. The first kappa shape index (κ1) is 13.9. The van der Waals surface area contributed by atoms with Crippen molar-refractivity contribution in [1.82, 2.24) is 4.90 Å². The molecule has 4 heteroatoms. The summed E-state index contributed by atoms with van der Waals surface area (Å²) in [7, 11) is 0. The second-order valence-corrected chi connectivity index (χ2v) is 5.52. The van der Waals surface area contributed by atoms with E-state index in [1.165, 1.54) is 31.5 Å². The number of nitrogens with zero attached hydrogens (tertiary/aromatic N) is 2. The van der Waals surface area contributed by atoms with Gasteiger partial charge in [-0.25, -0.2) is 4.99 Å². The van der Waals surface area contributed by atoms with Gasteiger partial charge in [0.15, 0.2) is 5.96 Å². The molecular weight excluding hydrogens is 236 g/mol. The molecule has 0 amide bonds. The third-order valence-corrected chi connectivity index (χ3v) is 3.72. The van der Waals surface area contributed by atoms with Crippen LogP contribution in [0.15, 0.2) is 29.3 Å². The van der Waals surface area contributed by atoms with Crippen LogP contribution in [0, 0.1) is 5.92 Å². The number of piperidine rings is 1. The van der Waals surface area contributed by atoms with Crippen LogP contribution in [-0.2, 0) is 13.1 Å². The van der Waals surface area contributed by atoms with Crippen molar-refractivity contribution in [2.75, 3.05) is 13.1 Å². The molecule has 19 heavy (non-hydrogen) atoms. The van der Waals surface area contributed by atoms with Crippen LogP contribution in [0.1, 0.15) is 30.9 Å². The molecule has 0 radical (unpaired) electrons. The van der Waals surface area contributed by atoms with Gasteiger partial charge in [0.1, 0.15) is 0 Å². The molecule has 0 atom stereocenters. The maximum absolute atomic E-state index is 5.36. The maximum atomic E-state index is 5.36. The van der Waals surface area contributed by atoms with Gasteiger partial charge in [0, 0.05) is 6.54 Å². The first-order valence-electron chi connectivity index (χ1n) is 6.99. The maximum Gasteiger partial charge on any atom is 0.186 e. The molecule has 1 aromatic rings. The highest BCUT2D eigenvalue weighted by atomic mass is 15.1. The smallest absolute Gasteiger partial charge is 0.186 e. The zero-order chi connectivity index (χ0) is 13.7. The van der Waals surface area contributed by atoms with E-state index in [2.05, 4.69) is 41.1 Å². The molecule has 1 aliphatic rings. The van der Waals surface area contributed by atoms with Crippen molar-refractivity contribution in [3.05, 3.63) is 35.4 Å². The molecule has 1 saturated heterocycles. The third kappa shape index (κ3) is 4.56. The molecule has 0 aromatic heterocycles. The van der Waals surface area contributed by atoms with Crippen LogP contribution < -0.4 is 11.5 Å². The molecule has 0 spiro atoms. The average Bonchev–Trinajstić information content (AvgIpc) is 2.40. The normalized spacial score (nSPS) is 17.3. The number of rotatable bonds is 4. The van der Waals surface area contributed by atoms with Crippen LogP contribution in [0.3, 0.4) is 0 Å². The number of likely N-dealkylation sites (tertiary alicyclic amines) is 1. The van der Waals surface area contributed by atoms with Crippen LogP contribution in [0.4, 0.5) is 0 Å². The number of hydrogen-bond donors (Lipinski definition) is 2. The van der Waals surface area contributed by atoms with Gasteiger partial charge < -0.3 is 11.5 Å². The van der Waals surface area contributed by atoms with E-state index in [0.29, 0.717) is 6.54 Å². The Bertz CT molecular complexity index is 430. The Labute approximate surface area is 115 Å². The van der Waals surface area contributed by atoms with E-state index in [-0.39, 0.29) is 5.96 Å². The molecule has 0 aliphatic carbocycles. The number of guanidine groups is 1. The highest BCUT2D eigenvalue weighted by molar-refractivity contribution is 5.75. The van der Waals surface area contributed by atoms with Crippen molar-refractivity contribution < 1.29 is 0 Å². The predicted octanol–water partition coefficient (Wildman–Crippen LogP) is 1.69. The molecular formula is C15H24N4. The van der Waals surface area contributed by atoms with Gasteiger partial charge in [0.05, 0.1) is 6.54 Å². The Morgan fingerprint density at radius 1 is 1.26 bits per heavy atom. The van der Waals surface area contributed by atoms with Crippen molar-refractivity contribution in [1.29, 1.82) is 0 Å². The summed E-state index contributed by atoms with van der Waals surface area (Å²) in [6.45, 7) is 6.35. The van der Waals surface area contributed by atoms with E-state index in [0.717, 1.165) is 18.0 Å². The predicted molar refractivity (Wildman–Crippen MR) is 79.6 cm³/mol. The average molecular weight is 260 g/mol. The number of nitrogens with two attached hydrogens (primary N) is 2. The van der Waals surface area contributed by atoms with Crippen molar-refractivity contribution in [2.45, 2.75) is 32.9 Å². The Balaban J connectivity index is 1.93. The van der Waals surface area contributed by atoms with Gasteiger partial charge in [-0.3, -0.25) is 4.90 Å². The molecule has 1 aromatic carbocycles. The second kappa shape index (κ2) is 6.57. The first-order chi connectivity index (χ1) is 9.13. The minimum absolute atomic E-state index is 0.149. The van der Waals surface area contributed by atoms with Crippen LogP contribution in [-0.4, -0.2) is 23.9 Å². The first-order valence-corrected chi connectivity index (χ1v) is 6.99. The summed E-state index contributed by atoms with van der Waals surface area (Å²) >= 11 is 0. The minimum atomic E-state index is 0.149. The van der Waals surface area contributed by atoms with Crippen LogP contribution in [0.25, 0.3) is 0 Å². The van der Waals surface area contributed by atoms with Gasteiger partial charge in [0.2, 0.25) is 0 Å². The summed E-state index contributed by atoms with van der Waals surface area (Å²) < 4.78 is 0. The van der Waals surface area contributed by atoms with Gasteiger partial charge >= 0.3 is 0 Å². The van der Waals surface area contributed by atoms with Gasteiger partial charge in [-0.2, -0.15) is 0 Å². The number of benzene rings is 1. The van der Waals surface area contributed by atoms with E-state index in [9.17, 15) is 0 Å². The molecule has 1 aliphatic heterocycles. The van der Waals surface area contributed by atoms with E-state index in [4.69, 9.17) is 11.5 Å². The summed E-state index contributed by atoms with van der Waals surface area (Å²) in [5.74, 6) is 1.03. The highest BCUT2D eigenvalue weighted by Gasteiger charge is 2.15. The Morgan fingerprint density at radius 3 is 2.63 bits per heavy atom. The summed E-state index contributed by atoms with van der Waals surface area (Å²) in [6.07, 6.45) is 2.63. The molecule has 1 fully saturated rings. The summed E-state index contributed by atoms with van der Waals surface area (Å²) in [5, 5.41) is 0. The quantitative estimate of drug-likeness (QED) is 0.639. The van der Waals surface area contributed by atoms with Gasteiger partial charge in [-0.15, -0.1) is 0 Å². The molecule has 4 N–H and O–H groups in total. The van der Waals surface area contributed by atoms with Gasteiger partial charge in [-0.05, 0) is 43.0 Å². The van der Waals surface area contributed by atoms with E-state index >= 15 is 0 Å². The molecule has 104 valence electrons. The van der Waals surface area contributed by atoms with Crippen molar-refractivity contribution in [3.63, 3.8) is 0 Å². The molecule has 2 rings (SSSR count). The zero-order valence-electron chi connectivity index (χ0n) is 11.7. The lowest BCUT2D eigenvalue weighted by atomic mass is 9.98. The molecule has 0 saturated carbocycles. The van der Waals surface area contributed by atoms with Gasteiger partial charge in [-0.1, -0.05) is 31.2 Å². The molecule has 1 heterocycles. The SMILES string of the molecule is CC1CCN(Cc2cccc(CN=C(N)N)c2)CC1. The fourth-order valence-electron chi connectivity index (χ4n) is 2.49. The van der Waals surface area contributed by atoms with Crippen LogP contribution >= 0.6 is 0 Å². The molecule has 4 nitrogen and oxygen atoms in total.